The summed E-state index contributed by atoms with van der Waals surface area (Å²) in [4.78, 5) is 18.6. The first-order chi connectivity index (χ1) is 7.22. The Morgan fingerprint density at radius 2 is 2.27 bits per heavy atom. The molecule has 1 aromatic heterocycles. The molecule has 0 aliphatic heterocycles. The van der Waals surface area contributed by atoms with Crippen molar-refractivity contribution in [3.8, 4) is 0 Å². The van der Waals surface area contributed by atoms with E-state index in [0.29, 0.717) is 11.0 Å². The number of rotatable bonds is 2. The summed E-state index contributed by atoms with van der Waals surface area (Å²) in [5.74, 6) is 0. The smallest absolute Gasteiger partial charge is 0.258 e. The Hall–Kier alpha value is -2.04. The van der Waals surface area contributed by atoms with Gasteiger partial charge >= 0.3 is 0 Å². The Kier molecular flexibility index (Phi) is 2.29. The first-order valence-corrected chi connectivity index (χ1v) is 4.61. The van der Waals surface area contributed by atoms with Gasteiger partial charge in [-0.05, 0) is 12.5 Å². The molecule has 0 radical (unpaired) electrons. The summed E-state index contributed by atoms with van der Waals surface area (Å²) in [5, 5.41) is 10.7. The molecule has 2 rings (SSSR count). The van der Waals surface area contributed by atoms with E-state index in [1.807, 2.05) is 6.92 Å². The van der Waals surface area contributed by atoms with Crippen molar-refractivity contribution in [3.63, 3.8) is 0 Å². The van der Waals surface area contributed by atoms with Crippen molar-refractivity contribution in [1.29, 1.82) is 0 Å². The Morgan fingerprint density at radius 3 is 2.93 bits per heavy atom. The van der Waals surface area contributed by atoms with Crippen LogP contribution in [0.4, 0.5) is 5.69 Å². The quantitative estimate of drug-likeness (QED) is 0.553. The molecule has 0 spiro atoms. The minimum atomic E-state index is -0.442. The highest BCUT2D eigenvalue weighted by Crippen LogP contribution is 2.21. The van der Waals surface area contributed by atoms with Gasteiger partial charge in [0.1, 0.15) is 0 Å². The SMILES string of the molecule is CCc1cnc2c([N+](=O)[O-])cccc2n1. The van der Waals surface area contributed by atoms with Crippen LogP contribution in [0.5, 0.6) is 0 Å². The van der Waals surface area contributed by atoms with Gasteiger partial charge in [0.25, 0.3) is 5.69 Å². The van der Waals surface area contributed by atoms with Gasteiger partial charge in [-0.2, -0.15) is 0 Å². The van der Waals surface area contributed by atoms with Crippen molar-refractivity contribution < 1.29 is 4.92 Å². The van der Waals surface area contributed by atoms with Gasteiger partial charge in [0.2, 0.25) is 0 Å². The van der Waals surface area contributed by atoms with Crippen LogP contribution in [0.2, 0.25) is 0 Å². The normalized spacial score (nSPS) is 10.5. The van der Waals surface area contributed by atoms with E-state index in [-0.39, 0.29) is 5.69 Å². The van der Waals surface area contributed by atoms with Crippen LogP contribution in [0.15, 0.2) is 24.4 Å². The number of hydrogen-bond donors (Lipinski definition) is 0. The van der Waals surface area contributed by atoms with Gasteiger partial charge in [-0.25, -0.2) is 9.97 Å². The zero-order valence-electron chi connectivity index (χ0n) is 8.17. The number of benzene rings is 1. The summed E-state index contributed by atoms with van der Waals surface area (Å²) < 4.78 is 0. The number of aromatic nitrogens is 2. The fraction of sp³-hybridized carbons (Fsp3) is 0.200. The molecular formula is C10H9N3O2. The van der Waals surface area contributed by atoms with E-state index in [1.165, 1.54) is 6.07 Å². The average Bonchev–Trinajstić information content (AvgIpc) is 2.27. The zero-order valence-corrected chi connectivity index (χ0v) is 8.17. The van der Waals surface area contributed by atoms with Gasteiger partial charge in [-0.15, -0.1) is 0 Å². The predicted molar refractivity (Wildman–Crippen MR) is 55.6 cm³/mol. The number of nitro groups is 1. The maximum atomic E-state index is 10.7. The number of para-hydroxylation sites is 1. The monoisotopic (exact) mass is 203 g/mol. The van der Waals surface area contributed by atoms with Crippen LogP contribution in [0, 0.1) is 10.1 Å². The Balaban J connectivity index is 2.72. The van der Waals surface area contributed by atoms with E-state index in [4.69, 9.17) is 0 Å². The lowest BCUT2D eigenvalue weighted by atomic mass is 10.2. The summed E-state index contributed by atoms with van der Waals surface area (Å²) in [7, 11) is 0. The molecule has 15 heavy (non-hydrogen) atoms. The number of non-ortho nitro benzene ring substituents is 1. The molecule has 0 N–H and O–H groups in total. The van der Waals surface area contributed by atoms with Crippen molar-refractivity contribution in [2.75, 3.05) is 0 Å². The summed E-state index contributed by atoms with van der Waals surface area (Å²) in [5.41, 5.74) is 1.76. The molecular weight excluding hydrogens is 194 g/mol. The standard InChI is InChI=1S/C10H9N3O2/c1-2-7-6-11-10-8(12-7)4-3-5-9(10)13(14)15/h3-6H,2H2,1H3. The van der Waals surface area contributed by atoms with Crippen LogP contribution in [-0.4, -0.2) is 14.9 Å². The molecule has 5 heteroatoms. The molecule has 0 saturated carbocycles. The third-order valence-electron chi connectivity index (χ3n) is 2.16. The zero-order chi connectivity index (χ0) is 10.8. The van der Waals surface area contributed by atoms with Gasteiger partial charge in [-0.3, -0.25) is 10.1 Å². The maximum Gasteiger partial charge on any atom is 0.297 e. The fourth-order valence-corrected chi connectivity index (χ4v) is 1.38. The van der Waals surface area contributed by atoms with Crippen molar-refractivity contribution in [2.45, 2.75) is 13.3 Å². The highest BCUT2D eigenvalue weighted by Gasteiger charge is 2.12. The Morgan fingerprint density at radius 1 is 1.47 bits per heavy atom. The van der Waals surface area contributed by atoms with Gasteiger partial charge in [-0.1, -0.05) is 13.0 Å². The van der Waals surface area contributed by atoms with Crippen LogP contribution in [0.3, 0.4) is 0 Å². The molecule has 0 aliphatic carbocycles. The van der Waals surface area contributed by atoms with E-state index in [1.54, 1.807) is 18.3 Å². The Labute approximate surface area is 85.9 Å². The van der Waals surface area contributed by atoms with Crippen LogP contribution < -0.4 is 0 Å². The number of aryl methyl sites for hydroxylation is 1. The lowest BCUT2D eigenvalue weighted by molar-refractivity contribution is -0.383. The molecule has 0 fully saturated rings. The van der Waals surface area contributed by atoms with Gasteiger partial charge in [0, 0.05) is 12.3 Å². The first-order valence-electron chi connectivity index (χ1n) is 4.61. The van der Waals surface area contributed by atoms with Crippen molar-refractivity contribution in [2.24, 2.45) is 0 Å². The number of fused-ring (bicyclic) bond motifs is 1. The molecule has 76 valence electrons. The van der Waals surface area contributed by atoms with Crippen LogP contribution in [0.25, 0.3) is 11.0 Å². The molecule has 1 heterocycles. The summed E-state index contributed by atoms with van der Waals surface area (Å²) >= 11 is 0. The third kappa shape index (κ3) is 1.63. The topological polar surface area (TPSA) is 68.9 Å². The van der Waals surface area contributed by atoms with Crippen molar-refractivity contribution in [1.82, 2.24) is 9.97 Å². The lowest BCUT2D eigenvalue weighted by Crippen LogP contribution is -1.95. The fourth-order valence-electron chi connectivity index (χ4n) is 1.38. The van der Waals surface area contributed by atoms with Crippen molar-refractivity contribution in [3.05, 3.63) is 40.2 Å². The molecule has 0 bridgehead atoms. The Bertz CT molecular complexity index is 525. The molecule has 5 nitrogen and oxygen atoms in total. The second-order valence-electron chi connectivity index (χ2n) is 3.12. The average molecular weight is 203 g/mol. The number of hydrogen-bond acceptors (Lipinski definition) is 4. The predicted octanol–water partition coefficient (Wildman–Crippen LogP) is 2.10. The third-order valence-corrected chi connectivity index (χ3v) is 2.16. The van der Waals surface area contributed by atoms with E-state index < -0.39 is 4.92 Å². The molecule has 1 aromatic carbocycles. The first kappa shape index (κ1) is 9.51. The minimum Gasteiger partial charge on any atom is -0.258 e. The van der Waals surface area contributed by atoms with Gasteiger partial charge in [0.15, 0.2) is 5.52 Å². The molecule has 0 unspecified atom stereocenters. The lowest BCUT2D eigenvalue weighted by Gasteiger charge is -1.99. The van der Waals surface area contributed by atoms with E-state index >= 15 is 0 Å². The minimum absolute atomic E-state index is 0.00246. The van der Waals surface area contributed by atoms with Gasteiger partial charge < -0.3 is 0 Å². The molecule has 0 atom stereocenters. The maximum absolute atomic E-state index is 10.7. The molecule has 0 amide bonds. The molecule has 2 aromatic rings. The highest BCUT2D eigenvalue weighted by molar-refractivity contribution is 5.83. The second-order valence-corrected chi connectivity index (χ2v) is 3.12. The van der Waals surface area contributed by atoms with Crippen LogP contribution in [-0.2, 0) is 6.42 Å². The summed E-state index contributed by atoms with van der Waals surface area (Å²) in [6.07, 6.45) is 2.35. The number of nitro benzene ring substituents is 1. The largest absolute Gasteiger partial charge is 0.297 e. The van der Waals surface area contributed by atoms with E-state index in [9.17, 15) is 10.1 Å². The summed E-state index contributed by atoms with van der Waals surface area (Å²) in [6, 6.07) is 4.78. The highest BCUT2D eigenvalue weighted by atomic mass is 16.6. The summed E-state index contributed by atoms with van der Waals surface area (Å²) in [6.45, 7) is 1.97. The molecule has 0 saturated heterocycles. The van der Waals surface area contributed by atoms with Crippen LogP contribution >= 0.6 is 0 Å². The van der Waals surface area contributed by atoms with E-state index in [2.05, 4.69) is 9.97 Å². The van der Waals surface area contributed by atoms with Crippen LogP contribution in [0.1, 0.15) is 12.6 Å². The van der Waals surface area contributed by atoms with Crippen molar-refractivity contribution >= 4 is 16.7 Å². The van der Waals surface area contributed by atoms with Gasteiger partial charge in [0.05, 0.1) is 16.1 Å². The second kappa shape index (κ2) is 3.61. The van der Waals surface area contributed by atoms with E-state index in [0.717, 1.165) is 12.1 Å². The number of nitrogens with zero attached hydrogens (tertiary/aromatic N) is 3. The molecule has 0 aliphatic rings.